The molecule has 0 amide bonds. The predicted molar refractivity (Wildman–Crippen MR) is 228 cm³/mol. The normalized spacial score (nSPS) is 27.5. The second-order valence-electron chi connectivity index (χ2n) is 15.0. The number of imidazole rings is 1. The van der Waals surface area contributed by atoms with Gasteiger partial charge in [0.2, 0.25) is 0 Å². The average molecular weight is 932 g/mol. The van der Waals surface area contributed by atoms with Crippen LogP contribution < -0.4 is 25.3 Å². The van der Waals surface area contributed by atoms with Gasteiger partial charge in [0.25, 0.3) is 22.1 Å². The van der Waals surface area contributed by atoms with E-state index in [1.165, 1.54) is 142 Å². The summed E-state index contributed by atoms with van der Waals surface area (Å²) in [6.07, 6.45) is 16.5. The molecule has 5 heterocycles. The number of nitrogens with one attached hydrogen (secondary N) is 2. The number of unbranched alkanes of at least 4 members (excludes halogenated alkanes) is 6. The zero-order valence-electron chi connectivity index (χ0n) is 36.9. The molecule has 7 atom stereocenters. The number of hydrogen-bond acceptors (Lipinski definition) is 17. The third-order valence-corrected chi connectivity index (χ3v) is 15.3. The Labute approximate surface area is 362 Å². The summed E-state index contributed by atoms with van der Waals surface area (Å²) in [6.45, 7) is 20.7. The smallest absolute Gasteiger partial charge is 0.346 e. The van der Waals surface area contributed by atoms with Gasteiger partial charge in [-0.15, -0.1) is 0 Å². The van der Waals surface area contributed by atoms with Gasteiger partial charge in [-0.25, -0.2) is 27.9 Å². The molecule has 4 N–H and O–H groups in total. The number of aromatic nitrogens is 4. The van der Waals surface area contributed by atoms with Crippen molar-refractivity contribution in [2.75, 3.05) is 65.0 Å². The number of hydrogen-bond donors (Lipinski definition) is 3. The lowest BCUT2D eigenvalue weighted by Crippen LogP contribution is -3.12. The minimum atomic E-state index is -5.16. The molecule has 0 aromatic carbocycles. The maximum Gasteiger partial charge on any atom is 0.346 e. The van der Waals surface area contributed by atoms with Crippen LogP contribution in [0.4, 0.5) is 5.82 Å². The highest BCUT2D eigenvalue weighted by Crippen LogP contribution is 2.73. The molecule has 3 aliphatic rings. The van der Waals surface area contributed by atoms with Crippen LogP contribution in [0.1, 0.15) is 125 Å². The first-order chi connectivity index (χ1) is 28.8. The van der Waals surface area contributed by atoms with Crippen molar-refractivity contribution in [3.8, 4) is 0 Å². The van der Waals surface area contributed by atoms with Crippen LogP contribution in [-0.2, 0) is 45.5 Å². The van der Waals surface area contributed by atoms with Crippen molar-refractivity contribution in [3.63, 3.8) is 0 Å². The first-order valence-corrected chi connectivity index (χ1v) is 26.9. The molecule has 3 aliphatic heterocycles. The van der Waals surface area contributed by atoms with E-state index in [1.807, 2.05) is 9.80 Å². The van der Waals surface area contributed by atoms with Crippen molar-refractivity contribution in [2.24, 2.45) is 0 Å². The zero-order valence-corrected chi connectivity index (χ0v) is 40.4. The number of rotatable bonds is 24. The fourth-order valence-electron chi connectivity index (χ4n) is 6.79. The number of ether oxygens (including phenoxy) is 4. The number of methoxy groups -OCH3 is 1. The first-order valence-electron chi connectivity index (χ1n) is 21.6. The average Bonchev–Trinajstić information content (AvgIpc) is 3.93. The van der Waals surface area contributed by atoms with Crippen molar-refractivity contribution >= 4 is 53.0 Å². The van der Waals surface area contributed by atoms with Crippen LogP contribution in [0.5, 0.6) is 0 Å². The van der Waals surface area contributed by atoms with Crippen molar-refractivity contribution in [1.82, 2.24) is 19.5 Å². The van der Waals surface area contributed by atoms with E-state index in [2.05, 4.69) is 69.4 Å². The highest BCUT2D eigenvalue weighted by atomic mass is 32.2. The van der Waals surface area contributed by atoms with E-state index in [0.717, 1.165) is 0 Å². The predicted octanol–water partition coefficient (Wildman–Crippen LogP) is 4.53. The van der Waals surface area contributed by atoms with Crippen LogP contribution in [0.25, 0.3) is 11.2 Å². The molecule has 5 rings (SSSR count). The molecule has 348 valence electrons. The van der Waals surface area contributed by atoms with Gasteiger partial charge in [-0.2, -0.15) is 0 Å². The number of fused-ring (bicyclic) bond motifs is 2. The van der Waals surface area contributed by atoms with Gasteiger partial charge >= 0.3 is 8.60 Å². The molecule has 0 spiro atoms. The zero-order chi connectivity index (χ0) is 44.1. The quantitative estimate of drug-likeness (QED) is 0.0746. The summed E-state index contributed by atoms with van der Waals surface area (Å²) in [4.78, 5) is 39.5. The molecule has 2 aromatic rings. The summed E-state index contributed by atoms with van der Waals surface area (Å²) in [5, 5.41) is 0.417. The molecule has 0 aliphatic carbocycles. The maximum atomic E-state index is 11.5. The standard InChI is InChI=1S/C13H18N5O12P3S.2C12H27N/c1-23-13-26-7-5(3-24-31-28-32(19,20)30-33(21,22)29-31)25-11(8(7)27-13)18-4-15-6-9(14)16-12(34-2)17-10(6)18;2*1-4-7-10-13(11-8-5-2)12-9-6-3/h4-5,7-8,11,13H,3H2,1-2H3,(H,19,20)(H,21,22)(H2,14,16,17);2*4-12H2,1-3H3/t5-,7-,8-,11-,13?;;/m1../s1. The third-order valence-electron chi connectivity index (χ3n) is 10.1. The number of quaternary nitrogens is 2. The monoisotopic (exact) mass is 931 g/mol. The SMILES string of the molecule is CCCC[NH+](CCCC)CCCC.CCCC[NH+](CCCC)CCCC.COC1O[C@@H]2[C@H](O1)[C@@H](COP1OP(=O)([O-])OP(=O)([O-])O1)O[C@H]2n1cnc2c(N)nc(SC)nc21. The van der Waals surface area contributed by atoms with Gasteiger partial charge in [-0.1, -0.05) is 91.8 Å². The van der Waals surface area contributed by atoms with E-state index in [-0.39, 0.29) is 12.4 Å². The van der Waals surface area contributed by atoms with Crippen molar-refractivity contribution in [3.05, 3.63) is 6.33 Å². The largest absolute Gasteiger partial charge is 0.756 e. The van der Waals surface area contributed by atoms with Crippen molar-refractivity contribution in [1.29, 1.82) is 0 Å². The van der Waals surface area contributed by atoms with Crippen LogP contribution in [0.2, 0.25) is 0 Å². The molecule has 23 heteroatoms. The minimum absolute atomic E-state index is 0.182. The highest BCUT2D eigenvalue weighted by Gasteiger charge is 2.54. The third kappa shape index (κ3) is 17.6. The molecule has 0 saturated carbocycles. The Hall–Kier alpha value is -0.890. The van der Waals surface area contributed by atoms with Crippen LogP contribution >= 0.6 is 36.0 Å². The van der Waals surface area contributed by atoms with E-state index >= 15 is 0 Å². The molecule has 19 nitrogen and oxygen atoms in total. The highest BCUT2D eigenvalue weighted by molar-refractivity contribution is 7.98. The fraction of sp³-hybridized carbons (Fsp3) is 0.865. The molecule has 60 heavy (non-hydrogen) atoms. The lowest BCUT2D eigenvalue weighted by molar-refractivity contribution is -0.900. The second-order valence-corrected chi connectivity index (χ2v) is 20.2. The summed E-state index contributed by atoms with van der Waals surface area (Å²) < 4.78 is 65.1. The van der Waals surface area contributed by atoms with E-state index in [9.17, 15) is 18.9 Å². The Morgan fingerprint density at radius 1 is 0.783 bits per heavy atom. The summed E-state index contributed by atoms with van der Waals surface area (Å²) >= 11 is 1.29. The fourth-order valence-corrected chi connectivity index (χ4v) is 11.3. The van der Waals surface area contributed by atoms with Gasteiger partial charge in [-0.05, 0) is 44.8 Å². The van der Waals surface area contributed by atoms with Gasteiger partial charge < -0.3 is 48.8 Å². The number of nitrogens with two attached hydrogens (primary N) is 1. The van der Waals surface area contributed by atoms with Crippen LogP contribution in [-0.4, -0.2) is 104 Å². The Bertz CT molecular complexity index is 1520. The second kappa shape index (κ2) is 28.1. The summed E-state index contributed by atoms with van der Waals surface area (Å²) in [7, 11) is -11.8. The summed E-state index contributed by atoms with van der Waals surface area (Å²) in [6, 6.07) is 0. The van der Waals surface area contributed by atoms with Gasteiger partial charge in [-0.3, -0.25) is 13.7 Å². The molecular formula is C37H72N7O12P3S. The van der Waals surface area contributed by atoms with Crippen molar-refractivity contribution in [2.45, 2.75) is 155 Å². The Morgan fingerprint density at radius 2 is 1.25 bits per heavy atom. The van der Waals surface area contributed by atoms with Gasteiger partial charge in [0, 0.05) is 7.11 Å². The van der Waals surface area contributed by atoms with E-state index in [0.29, 0.717) is 16.3 Å². The van der Waals surface area contributed by atoms with Gasteiger partial charge in [0.05, 0.1) is 52.2 Å². The molecular weight excluding hydrogens is 859 g/mol. The topological polar surface area (TPSA) is 233 Å². The Balaban J connectivity index is 0.000000306. The molecule has 0 radical (unpaired) electrons. The lowest BCUT2D eigenvalue weighted by Gasteiger charge is -2.38. The number of nitrogen functional groups attached to an aromatic ring is 1. The number of phosphoric acid groups is 2. The van der Waals surface area contributed by atoms with Crippen LogP contribution in [0.15, 0.2) is 11.5 Å². The van der Waals surface area contributed by atoms with Crippen LogP contribution in [0, 0.1) is 0 Å². The molecule has 3 unspecified atom stereocenters. The van der Waals surface area contributed by atoms with E-state index in [1.54, 1.807) is 10.8 Å². The molecule has 3 fully saturated rings. The van der Waals surface area contributed by atoms with Gasteiger partial charge in [0.15, 0.2) is 22.8 Å². The van der Waals surface area contributed by atoms with E-state index < -0.39 is 55.3 Å². The molecule has 2 aromatic heterocycles. The minimum Gasteiger partial charge on any atom is -0.756 e. The maximum absolute atomic E-state index is 11.5. The Morgan fingerprint density at radius 3 is 1.68 bits per heavy atom. The molecule has 3 saturated heterocycles. The lowest BCUT2D eigenvalue weighted by atomic mass is 10.1. The molecule has 0 bridgehead atoms. The first kappa shape index (κ1) is 53.4. The summed E-state index contributed by atoms with van der Waals surface area (Å²) in [5.74, 6) is 0.182. The van der Waals surface area contributed by atoms with Crippen LogP contribution in [0.3, 0.4) is 0 Å². The van der Waals surface area contributed by atoms with E-state index in [4.69, 9.17) is 29.2 Å². The Kier molecular flexibility index (Phi) is 25.0. The number of nitrogens with zero attached hydrogens (tertiary/aromatic N) is 4. The van der Waals surface area contributed by atoms with Crippen molar-refractivity contribution < 1.29 is 65.1 Å². The van der Waals surface area contributed by atoms with Gasteiger partial charge in [0.1, 0.15) is 23.8 Å². The summed E-state index contributed by atoms with van der Waals surface area (Å²) in [5.41, 5.74) is 6.72. The number of thioether (sulfide) groups is 1. The number of anilines is 1.